The van der Waals surface area contributed by atoms with Gasteiger partial charge in [0.2, 0.25) is 5.91 Å². The average molecular weight is 310 g/mol. The molecule has 1 aliphatic carbocycles. The molecular weight excluding hydrogens is 284 g/mol. The molecule has 1 aliphatic rings. The summed E-state index contributed by atoms with van der Waals surface area (Å²) in [6.07, 6.45) is 5.93. The lowest BCUT2D eigenvalue weighted by atomic mass is 9.80. The Kier molecular flexibility index (Phi) is 6.21. The fraction of sp³-hybridized carbons (Fsp3) is 0.688. The van der Waals surface area contributed by atoms with Crippen molar-refractivity contribution in [3.05, 3.63) is 22.4 Å². The Hall–Kier alpha value is -0.910. The summed E-state index contributed by atoms with van der Waals surface area (Å²) in [4.78, 5) is 15.7. The third-order valence-electron chi connectivity index (χ3n) is 4.20. The van der Waals surface area contributed by atoms with Crippen LogP contribution >= 0.6 is 11.3 Å². The topological polar surface area (TPSA) is 55.6 Å². The van der Waals surface area contributed by atoms with Crippen molar-refractivity contribution in [3.8, 4) is 0 Å². The number of hydrogen-bond donors (Lipinski definition) is 1. The highest BCUT2D eigenvalue weighted by molar-refractivity contribution is 7.09. The molecule has 0 bridgehead atoms. The molecule has 1 amide bonds. The SMILES string of the molecule is COCCN(Cc1cccs1)C(=O)CC1(N)CCCCC1. The molecule has 0 spiro atoms. The van der Waals surface area contributed by atoms with Crippen molar-refractivity contribution in [1.29, 1.82) is 0 Å². The fourth-order valence-electron chi connectivity index (χ4n) is 2.93. The number of thiophene rings is 1. The summed E-state index contributed by atoms with van der Waals surface area (Å²) in [5.41, 5.74) is 6.13. The van der Waals surface area contributed by atoms with Crippen LogP contribution in [0, 0.1) is 0 Å². The van der Waals surface area contributed by atoms with Gasteiger partial charge in [0.1, 0.15) is 0 Å². The summed E-state index contributed by atoms with van der Waals surface area (Å²) >= 11 is 1.68. The molecule has 0 saturated heterocycles. The standard InChI is InChI=1S/C16H26N2O2S/c1-20-10-9-18(13-14-6-5-11-21-14)15(19)12-16(17)7-3-2-4-8-16/h5-6,11H,2-4,7-10,12-13,17H2,1H3. The van der Waals surface area contributed by atoms with Gasteiger partial charge >= 0.3 is 0 Å². The van der Waals surface area contributed by atoms with Crippen LogP contribution in [0.5, 0.6) is 0 Å². The van der Waals surface area contributed by atoms with Gasteiger partial charge in [-0.1, -0.05) is 25.3 Å². The Morgan fingerprint density at radius 2 is 2.19 bits per heavy atom. The van der Waals surface area contributed by atoms with Gasteiger partial charge in [-0.25, -0.2) is 0 Å². The van der Waals surface area contributed by atoms with Gasteiger partial charge in [-0.05, 0) is 24.3 Å². The predicted octanol–water partition coefficient (Wildman–Crippen LogP) is 2.77. The van der Waals surface area contributed by atoms with Crippen LogP contribution in [-0.4, -0.2) is 36.6 Å². The van der Waals surface area contributed by atoms with E-state index in [2.05, 4.69) is 6.07 Å². The van der Waals surface area contributed by atoms with Crippen molar-refractivity contribution in [1.82, 2.24) is 4.90 Å². The Morgan fingerprint density at radius 3 is 2.81 bits per heavy atom. The first-order chi connectivity index (χ1) is 10.1. The lowest BCUT2D eigenvalue weighted by molar-refractivity contribution is -0.134. The molecule has 4 nitrogen and oxygen atoms in total. The minimum atomic E-state index is -0.296. The Bertz CT molecular complexity index is 427. The van der Waals surface area contributed by atoms with Crippen LogP contribution in [0.1, 0.15) is 43.4 Å². The summed E-state index contributed by atoms with van der Waals surface area (Å²) in [6.45, 7) is 1.86. The highest BCUT2D eigenvalue weighted by atomic mass is 32.1. The second-order valence-electron chi connectivity index (χ2n) is 5.99. The van der Waals surface area contributed by atoms with E-state index in [1.165, 1.54) is 11.3 Å². The Balaban J connectivity index is 1.95. The van der Waals surface area contributed by atoms with Gasteiger partial charge in [0.25, 0.3) is 0 Å². The van der Waals surface area contributed by atoms with Crippen LogP contribution in [0.15, 0.2) is 17.5 Å². The molecule has 0 unspecified atom stereocenters. The molecule has 2 N–H and O–H groups in total. The summed E-state index contributed by atoms with van der Waals surface area (Å²) in [5, 5.41) is 2.04. The van der Waals surface area contributed by atoms with E-state index in [1.807, 2.05) is 16.3 Å². The number of carbonyl (C=O) groups excluding carboxylic acids is 1. The predicted molar refractivity (Wildman–Crippen MR) is 86.2 cm³/mol. The number of amides is 1. The van der Waals surface area contributed by atoms with Gasteiger partial charge < -0.3 is 15.4 Å². The van der Waals surface area contributed by atoms with Gasteiger partial charge in [-0.3, -0.25) is 4.79 Å². The van der Waals surface area contributed by atoms with Crippen molar-refractivity contribution >= 4 is 17.2 Å². The maximum Gasteiger partial charge on any atom is 0.224 e. The number of carbonyl (C=O) groups is 1. The van der Waals surface area contributed by atoms with E-state index in [9.17, 15) is 4.79 Å². The van der Waals surface area contributed by atoms with E-state index in [0.29, 0.717) is 26.1 Å². The van der Waals surface area contributed by atoms with Gasteiger partial charge in [-0.2, -0.15) is 0 Å². The molecule has 0 radical (unpaired) electrons. The second-order valence-corrected chi connectivity index (χ2v) is 7.02. The molecular formula is C16H26N2O2S. The number of methoxy groups -OCH3 is 1. The molecule has 2 rings (SSSR count). The van der Waals surface area contributed by atoms with Gasteiger partial charge in [-0.15, -0.1) is 11.3 Å². The quantitative estimate of drug-likeness (QED) is 0.842. The molecule has 5 heteroatoms. The van der Waals surface area contributed by atoms with Crippen molar-refractivity contribution in [2.24, 2.45) is 5.73 Å². The summed E-state index contributed by atoms with van der Waals surface area (Å²) in [6, 6.07) is 4.08. The van der Waals surface area contributed by atoms with Crippen molar-refractivity contribution < 1.29 is 9.53 Å². The van der Waals surface area contributed by atoms with E-state index in [1.54, 1.807) is 18.4 Å². The van der Waals surface area contributed by atoms with Gasteiger partial charge in [0.15, 0.2) is 0 Å². The zero-order chi connectivity index (χ0) is 15.1. The van der Waals surface area contributed by atoms with Crippen molar-refractivity contribution in [3.63, 3.8) is 0 Å². The zero-order valence-corrected chi connectivity index (χ0v) is 13.7. The second kappa shape index (κ2) is 7.92. The highest BCUT2D eigenvalue weighted by Gasteiger charge is 2.31. The normalized spacial score (nSPS) is 17.6. The van der Waals surface area contributed by atoms with Crippen LogP contribution in [0.25, 0.3) is 0 Å². The molecule has 1 aromatic rings. The number of ether oxygens (including phenoxy) is 1. The minimum Gasteiger partial charge on any atom is -0.383 e. The first kappa shape index (κ1) is 16.5. The number of hydrogen-bond acceptors (Lipinski definition) is 4. The van der Waals surface area contributed by atoms with Crippen LogP contribution in [0.4, 0.5) is 0 Å². The molecule has 0 aromatic carbocycles. The number of nitrogens with two attached hydrogens (primary N) is 1. The molecule has 1 fully saturated rings. The van der Waals surface area contributed by atoms with Gasteiger partial charge in [0, 0.05) is 30.5 Å². The Labute approximate surface area is 131 Å². The molecule has 118 valence electrons. The number of rotatable bonds is 7. The minimum absolute atomic E-state index is 0.157. The molecule has 1 saturated carbocycles. The first-order valence-corrected chi connectivity index (χ1v) is 8.59. The van der Waals surface area contributed by atoms with E-state index in [-0.39, 0.29) is 11.4 Å². The zero-order valence-electron chi connectivity index (χ0n) is 12.8. The van der Waals surface area contributed by atoms with Crippen LogP contribution in [0.2, 0.25) is 0 Å². The molecule has 0 aliphatic heterocycles. The molecule has 21 heavy (non-hydrogen) atoms. The maximum atomic E-state index is 12.6. The summed E-state index contributed by atoms with van der Waals surface area (Å²) < 4.78 is 5.14. The Morgan fingerprint density at radius 1 is 1.43 bits per heavy atom. The van der Waals surface area contributed by atoms with Crippen molar-refractivity contribution in [2.75, 3.05) is 20.3 Å². The first-order valence-electron chi connectivity index (χ1n) is 7.71. The van der Waals surface area contributed by atoms with Crippen molar-refractivity contribution in [2.45, 2.75) is 50.6 Å². The summed E-state index contributed by atoms with van der Waals surface area (Å²) in [7, 11) is 1.67. The highest BCUT2D eigenvalue weighted by Crippen LogP contribution is 2.29. The lowest BCUT2D eigenvalue weighted by Gasteiger charge is -2.34. The van der Waals surface area contributed by atoms with E-state index in [4.69, 9.17) is 10.5 Å². The van der Waals surface area contributed by atoms with Crippen LogP contribution in [-0.2, 0) is 16.1 Å². The van der Waals surface area contributed by atoms with E-state index in [0.717, 1.165) is 25.7 Å². The largest absolute Gasteiger partial charge is 0.383 e. The molecule has 0 atom stereocenters. The monoisotopic (exact) mass is 310 g/mol. The van der Waals surface area contributed by atoms with Gasteiger partial charge in [0.05, 0.1) is 13.2 Å². The maximum absolute atomic E-state index is 12.6. The smallest absolute Gasteiger partial charge is 0.224 e. The van der Waals surface area contributed by atoms with Crippen LogP contribution < -0.4 is 5.73 Å². The molecule has 1 heterocycles. The third kappa shape index (κ3) is 5.09. The van der Waals surface area contributed by atoms with E-state index >= 15 is 0 Å². The lowest BCUT2D eigenvalue weighted by Crippen LogP contribution is -2.47. The molecule has 1 aromatic heterocycles. The fourth-order valence-corrected chi connectivity index (χ4v) is 3.65. The average Bonchev–Trinajstić information content (AvgIpc) is 2.96. The third-order valence-corrected chi connectivity index (χ3v) is 5.06. The summed E-state index contributed by atoms with van der Waals surface area (Å²) in [5.74, 6) is 0.157. The number of nitrogens with zero attached hydrogens (tertiary/aromatic N) is 1. The van der Waals surface area contributed by atoms with Crippen LogP contribution in [0.3, 0.4) is 0 Å². The van der Waals surface area contributed by atoms with E-state index < -0.39 is 0 Å².